The molecule has 1 N–H and O–H groups in total. The van der Waals surface area contributed by atoms with Crippen LogP contribution in [0.15, 0.2) is 46.2 Å². The van der Waals surface area contributed by atoms with E-state index in [4.69, 9.17) is 0 Å². The van der Waals surface area contributed by atoms with E-state index >= 15 is 0 Å². The SMILES string of the molecule is CC1=C[C]2NC(C)=C(C)C=C2C=C1C. The van der Waals surface area contributed by atoms with Gasteiger partial charge in [0.05, 0.1) is 0 Å². The monoisotopic (exact) mass is 186 g/mol. The Hall–Kier alpha value is -1.24. The van der Waals surface area contributed by atoms with Crippen molar-refractivity contribution >= 4 is 0 Å². The van der Waals surface area contributed by atoms with Gasteiger partial charge in [0.2, 0.25) is 0 Å². The van der Waals surface area contributed by atoms with Gasteiger partial charge in [-0.1, -0.05) is 12.2 Å². The van der Waals surface area contributed by atoms with Crippen molar-refractivity contribution in [3.8, 4) is 0 Å². The number of allylic oxidation sites excluding steroid dienone is 5. The van der Waals surface area contributed by atoms with Crippen molar-refractivity contribution < 1.29 is 0 Å². The molecule has 1 heteroatoms. The summed E-state index contributed by atoms with van der Waals surface area (Å²) in [7, 11) is 0. The number of hydrogen-bond donors (Lipinski definition) is 1. The van der Waals surface area contributed by atoms with Gasteiger partial charge in [-0.3, -0.25) is 0 Å². The van der Waals surface area contributed by atoms with E-state index in [1.807, 2.05) is 0 Å². The van der Waals surface area contributed by atoms with E-state index in [1.165, 1.54) is 34.0 Å². The average Bonchev–Trinajstić information content (AvgIpc) is 2.11. The fourth-order valence-corrected chi connectivity index (χ4v) is 1.71. The summed E-state index contributed by atoms with van der Waals surface area (Å²) in [5, 5.41) is 3.43. The first-order valence-corrected chi connectivity index (χ1v) is 4.98. The van der Waals surface area contributed by atoms with Gasteiger partial charge in [-0.2, -0.15) is 0 Å². The highest BCUT2D eigenvalue weighted by Gasteiger charge is 2.20. The summed E-state index contributed by atoms with van der Waals surface area (Å²) in [4.78, 5) is 0. The van der Waals surface area contributed by atoms with Crippen LogP contribution < -0.4 is 5.32 Å². The molecule has 0 bridgehead atoms. The molecule has 0 spiro atoms. The largest absolute Gasteiger partial charge is 0.373 e. The number of rotatable bonds is 0. The molecule has 14 heavy (non-hydrogen) atoms. The highest BCUT2D eigenvalue weighted by Crippen LogP contribution is 2.31. The molecular weight excluding hydrogens is 170 g/mol. The van der Waals surface area contributed by atoms with E-state index in [1.54, 1.807) is 0 Å². The lowest BCUT2D eigenvalue weighted by atomic mass is 9.89. The molecule has 2 rings (SSSR count). The summed E-state index contributed by atoms with van der Waals surface area (Å²) in [5.74, 6) is 0. The lowest BCUT2D eigenvalue weighted by molar-refractivity contribution is 0.855. The first kappa shape index (κ1) is 9.32. The summed E-state index contributed by atoms with van der Waals surface area (Å²) in [6, 6.07) is 1.23. The fourth-order valence-electron chi connectivity index (χ4n) is 1.71. The van der Waals surface area contributed by atoms with Crippen LogP contribution in [0.3, 0.4) is 0 Å². The first-order valence-electron chi connectivity index (χ1n) is 4.98. The molecule has 1 heterocycles. The number of dihydropyridines is 1. The van der Waals surface area contributed by atoms with Crippen LogP contribution in [0, 0.1) is 6.04 Å². The third kappa shape index (κ3) is 1.43. The van der Waals surface area contributed by atoms with Crippen LogP contribution in [-0.4, -0.2) is 0 Å². The summed E-state index contributed by atoms with van der Waals surface area (Å²) in [6.45, 7) is 8.56. The quantitative estimate of drug-likeness (QED) is 0.612. The van der Waals surface area contributed by atoms with Gasteiger partial charge in [-0.25, -0.2) is 0 Å². The van der Waals surface area contributed by atoms with Crippen LogP contribution in [-0.2, 0) is 0 Å². The Labute approximate surface area is 85.9 Å². The maximum atomic E-state index is 3.43. The maximum Gasteiger partial charge on any atom is 0.113 e. The second kappa shape index (κ2) is 3.16. The lowest BCUT2D eigenvalue weighted by Gasteiger charge is -2.27. The maximum absolute atomic E-state index is 3.43. The van der Waals surface area contributed by atoms with Gasteiger partial charge < -0.3 is 5.32 Å². The minimum atomic E-state index is 1.23. The zero-order valence-corrected chi connectivity index (χ0v) is 9.23. The summed E-state index contributed by atoms with van der Waals surface area (Å²) < 4.78 is 0. The standard InChI is InChI=1S/C13H16N/c1-8-5-12-6-10(3)11(4)14-13(12)7-9(8)2/h5-7,14H,1-4H3. The third-order valence-electron chi connectivity index (χ3n) is 2.95. The van der Waals surface area contributed by atoms with Crippen LogP contribution in [0.4, 0.5) is 0 Å². The van der Waals surface area contributed by atoms with Crippen LogP contribution in [0.1, 0.15) is 27.7 Å². The van der Waals surface area contributed by atoms with Crippen molar-refractivity contribution in [1.82, 2.24) is 5.32 Å². The molecule has 1 radical (unpaired) electrons. The molecule has 2 aliphatic rings. The average molecular weight is 186 g/mol. The molecule has 0 aromatic rings. The normalized spacial score (nSPS) is 22.1. The van der Waals surface area contributed by atoms with Crippen molar-refractivity contribution in [1.29, 1.82) is 0 Å². The predicted octanol–water partition coefficient (Wildman–Crippen LogP) is 3.25. The Morgan fingerprint density at radius 3 is 2.21 bits per heavy atom. The molecular formula is C13H16N. The second-order valence-corrected chi connectivity index (χ2v) is 4.10. The van der Waals surface area contributed by atoms with Gasteiger partial charge in [0.1, 0.15) is 6.04 Å². The number of nitrogens with one attached hydrogen (secondary N) is 1. The number of hydrogen-bond acceptors (Lipinski definition) is 1. The van der Waals surface area contributed by atoms with Crippen molar-refractivity contribution in [2.75, 3.05) is 0 Å². The van der Waals surface area contributed by atoms with Crippen LogP contribution in [0.25, 0.3) is 0 Å². The van der Waals surface area contributed by atoms with Crippen molar-refractivity contribution in [2.45, 2.75) is 27.7 Å². The van der Waals surface area contributed by atoms with E-state index in [0.717, 1.165) is 0 Å². The molecule has 0 unspecified atom stereocenters. The van der Waals surface area contributed by atoms with Crippen LogP contribution in [0.5, 0.6) is 0 Å². The van der Waals surface area contributed by atoms with E-state index in [9.17, 15) is 0 Å². The zero-order valence-electron chi connectivity index (χ0n) is 9.23. The van der Waals surface area contributed by atoms with Gasteiger partial charge >= 0.3 is 0 Å². The predicted molar refractivity (Wildman–Crippen MR) is 60.3 cm³/mol. The molecule has 0 aromatic heterocycles. The summed E-state index contributed by atoms with van der Waals surface area (Å²) >= 11 is 0. The van der Waals surface area contributed by atoms with Crippen molar-refractivity contribution in [3.05, 3.63) is 52.3 Å². The molecule has 73 valence electrons. The van der Waals surface area contributed by atoms with Gasteiger partial charge in [0.25, 0.3) is 0 Å². The highest BCUT2D eigenvalue weighted by atomic mass is 14.9. The molecule has 0 aromatic carbocycles. The summed E-state index contributed by atoms with van der Waals surface area (Å²) in [6.07, 6.45) is 6.71. The Balaban J connectivity index is 2.42. The Morgan fingerprint density at radius 2 is 1.50 bits per heavy atom. The van der Waals surface area contributed by atoms with Crippen molar-refractivity contribution in [3.63, 3.8) is 0 Å². The Morgan fingerprint density at radius 1 is 0.857 bits per heavy atom. The topological polar surface area (TPSA) is 12.0 Å². The van der Waals surface area contributed by atoms with Crippen LogP contribution >= 0.6 is 0 Å². The first-order chi connectivity index (χ1) is 6.58. The second-order valence-electron chi connectivity index (χ2n) is 4.10. The minimum absolute atomic E-state index is 1.23. The molecule has 1 nitrogen and oxygen atoms in total. The van der Waals surface area contributed by atoms with E-state index < -0.39 is 0 Å². The fraction of sp³-hybridized carbons (Fsp3) is 0.308. The number of fused-ring (bicyclic) bond motifs is 1. The van der Waals surface area contributed by atoms with Gasteiger partial charge in [-0.05, 0) is 56.1 Å². The Kier molecular flexibility index (Phi) is 2.10. The third-order valence-corrected chi connectivity index (χ3v) is 2.95. The molecule has 0 saturated heterocycles. The Bertz CT molecular complexity index is 391. The molecule has 0 fully saturated rings. The zero-order chi connectivity index (χ0) is 10.3. The lowest BCUT2D eigenvalue weighted by Crippen LogP contribution is -2.25. The van der Waals surface area contributed by atoms with Gasteiger partial charge in [-0.15, -0.1) is 0 Å². The van der Waals surface area contributed by atoms with Crippen LogP contribution in [0.2, 0.25) is 0 Å². The van der Waals surface area contributed by atoms with E-state index in [2.05, 4.69) is 51.2 Å². The highest BCUT2D eigenvalue weighted by molar-refractivity contribution is 5.57. The molecule has 1 aliphatic heterocycles. The smallest absolute Gasteiger partial charge is 0.113 e. The molecule has 0 saturated carbocycles. The van der Waals surface area contributed by atoms with E-state index in [0.29, 0.717) is 0 Å². The molecule has 0 amide bonds. The van der Waals surface area contributed by atoms with Crippen molar-refractivity contribution in [2.24, 2.45) is 0 Å². The van der Waals surface area contributed by atoms with Gasteiger partial charge in [0, 0.05) is 5.70 Å². The molecule has 0 atom stereocenters. The minimum Gasteiger partial charge on any atom is -0.373 e. The van der Waals surface area contributed by atoms with E-state index in [-0.39, 0.29) is 0 Å². The van der Waals surface area contributed by atoms with Gasteiger partial charge in [0.15, 0.2) is 0 Å². The molecule has 1 aliphatic carbocycles. The summed E-state index contributed by atoms with van der Waals surface area (Å²) in [5.41, 5.74) is 6.57.